The van der Waals surface area contributed by atoms with Crippen LogP contribution in [0.3, 0.4) is 0 Å². The molecule has 3 aliphatic carbocycles. The largest absolute Gasteiger partial charge is 0.389 e. The van der Waals surface area contributed by atoms with E-state index in [2.05, 4.69) is 6.92 Å². The van der Waals surface area contributed by atoms with Gasteiger partial charge in [-0.3, -0.25) is 0 Å². The van der Waals surface area contributed by atoms with E-state index in [1.54, 1.807) is 0 Å². The number of hydrogen-bond donors (Lipinski definition) is 2. The van der Waals surface area contributed by atoms with Gasteiger partial charge in [0, 0.05) is 12.0 Å². The summed E-state index contributed by atoms with van der Waals surface area (Å²) in [5.41, 5.74) is 5.77. The first-order valence-corrected chi connectivity index (χ1v) is 8.55. The Morgan fingerprint density at radius 1 is 1.05 bits per heavy atom. The summed E-state index contributed by atoms with van der Waals surface area (Å²) in [6.45, 7) is 2.98. The van der Waals surface area contributed by atoms with Crippen LogP contribution in [0.4, 0.5) is 0 Å². The van der Waals surface area contributed by atoms with Crippen molar-refractivity contribution in [1.82, 2.24) is 0 Å². The van der Waals surface area contributed by atoms with Crippen molar-refractivity contribution in [3.8, 4) is 0 Å². The first-order chi connectivity index (χ1) is 9.12. The monoisotopic (exact) mass is 265 g/mol. The van der Waals surface area contributed by atoms with Crippen molar-refractivity contribution in [3.05, 3.63) is 0 Å². The Morgan fingerprint density at radius 3 is 2.42 bits per heavy atom. The fourth-order valence-electron chi connectivity index (χ4n) is 5.13. The predicted molar refractivity (Wildman–Crippen MR) is 78.8 cm³/mol. The SMILES string of the molecule is CCC1CCC(CN)(C2(O)CCCC(C3CC3)C2)C1. The molecule has 2 heteroatoms. The van der Waals surface area contributed by atoms with Crippen LogP contribution in [-0.2, 0) is 0 Å². The lowest BCUT2D eigenvalue weighted by molar-refractivity contribution is -0.119. The maximum absolute atomic E-state index is 11.4. The van der Waals surface area contributed by atoms with Crippen LogP contribution in [0.25, 0.3) is 0 Å². The van der Waals surface area contributed by atoms with Crippen LogP contribution in [0.5, 0.6) is 0 Å². The van der Waals surface area contributed by atoms with Gasteiger partial charge >= 0.3 is 0 Å². The highest BCUT2D eigenvalue weighted by molar-refractivity contribution is 5.07. The highest BCUT2D eigenvalue weighted by Gasteiger charge is 2.55. The molecule has 4 atom stereocenters. The van der Waals surface area contributed by atoms with Gasteiger partial charge in [0.2, 0.25) is 0 Å². The second-order valence-electron chi connectivity index (χ2n) is 7.73. The smallest absolute Gasteiger partial charge is 0.0718 e. The normalized spacial score (nSPS) is 47.5. The standard InChI is InChI=1S/C17H31NO/c1-2-13-7-9-16(10-13,12-18)17(19)8-3-4-15(11-17)14-5-6-14/h13-15,19H,2-12,18H2,1H3. The molecule has 0 bridgehead atoms. The van der Waals surface area contributed by atoms with Crippen molar-refractivity contribution in [3.63, 3.8) is 0 Å². The van der Waals surface area contributed by atoms with Crippen molar-refractivity contribution in [1.29, 1.82) is 0 Å². The molecule has 3 fully saturated rings. The van der Waals surface area contributed by atoms with Crippen LogP contribution in [0.1, 0.15) is 71.1 Å². The molecule has 19 heavy (non-hydrogen) atoms. The van der Waals surface area contributed by atoms with Crippen LogP contribution in [0.2, 0.25) is 0 Å². The maximum atomic E-state index is 11.4. The van der Waals surface area contributed by atoms with Crippen LogP contribution >= 0.6 is 0 Å². The Bertz CT molecular complexity index is 327. The van der Waals surface area contributed by atoms with E-state index >= 15 is 0 Å². The molecule has 0 spiro atoms. The van der Waals surface area contributed by atoms with E-state index in [1.807, 2.05) is 0 Å². The molecular weight excluding hydrogens is 234 g/mol. The molecule has 4 unspecified atom stereocenters. The van der Waals surface area contributed by atoms with Crippen molar-refractivity contribution < 1.29 is 5.11 Å². The summed E-state index contributed by atoms with van der Waals surface area (Å²) in [6.07, 6.45) is 12.3. The quantitative estimate of drug-likeness (QED) is 0.817. The molecule has 0 heterocycles. The van der Waals surface area contributed by atoms with Gasteiger partial charge in [-0.05, 0) is 69.1 Å². The van der Waals surface area contributed by atoms with Gasteiger partial charge in [-0.1, -0.05) is 19.8 Å². The summed E-state index contributed by atoms with van der Waals surface area (Å²) in [6, 6.07) is 0. The molecule has 3 rings (SSSR count). The molecule has 3 aliphatic rings. The second-order valence-corrected chi connectivity index (χ2v) is 7.73. The molecule has 0 saturated heterocycles. The van der Waals surface area contributed by atoms with E-state index in [-0.39, 0.29) is 5.41 Å². The van der Waals surface area contributed by atoms with E-state index in [9.17, 15) is 5.11 Å². The highest BCUT2D eigenvalue weighted by atomic mass is 16.3. The highest BCUT2D eigenvalue weighted by Crippen LogP contribution is 2.57. The number of hydrogen-bond acceptors (Lipinski definition) is 2. The zero-order chi connectivity index (χ0) is 13.5. The van der Waals surface area contributed by atoms with E-state index < -0.39 is 5.60 Å². The van der Waals surface area contributed by atoms with Gasteiger partial charge < -0.3 is 10.8 Å². The molecule has 0 amide bonds. The van der Waals surface area contributed by atoms with Crippen molar-refractivity contribution in [2.45, 2.75) is 76.7 Å². The fourth-order valence-corrected chi connectivity index (χ4v) is 5.13. The number of rotatable bonds is 4. The van der Waals surface area contributed by atoms with E-state index in [0.717, 1.165) is 37.0 Å². The molecule has 0 radical (unpaired) electrons. The minimum atomic E-state index is -0.447. The molecule has 3 N–H and O–H groups in total. The minimum Gasteiger partial charge on any atom is -0.389 e. The fraction of sp³-hybridized carbons (Fsp3) is 1.00. The van der Waals surface area contributed by atoms with Crippen molar-refractivity contribution in [2.75, 3.05) is 6.54 Å². The lowest BCUT2D eigenvalue weighted by Crippen LogP contribution is -2.54. The first-order valence-electron chi connectivity index (χ1n) is 8.55. The third kappa shape index (κ3) is 2.35. The zero-order valence-electron chi connectivity index (χ0n) is 12.5. The van der Waals surface area contributed by atoms with Crippen LogP contribution in [-0.4, -0.2) is 17.3 Å². The van der Waals surface area contributed by atoms with E-state index in [4.69, 9.17) is 5.73 Å². The van der Waals surface area contributed by atoms with Gasteiger partial charge in [0.05, 0.1) is 5.60 Å². The summed E-state index contributed by atoms with van der Waals surface area (Å²) in [4.78, 5) is 0. The predicted octanol–water partition coefficient (Wildman–Crippen LogP) is 3.47. The molecule has 0 aliphatic heterocycles. The summed E-state index contributed by atoms with van der Waals surface area (Å²) in [5.74, 6) is 2.53. The lowest BCUT2D eigenvalue weighted by atomic mass is 9.60. The van der Waals surface area contributed by atoms with Gasteiger partial charge in [0.1, 0.15) is 0 Å². The molecule has 2 nitrogen and oxygen atoms in total. The average molecular weight is 265 g/mol. The van der Waals surface area contributed by atoms with E-state index in [1.165, 1.54) is 44.9 Å². The van der Waals surface area contributed by atoms with Gasteiger partial charge in [0.15, 0.2) is 0 Å². The van der Waals surface area contributed by atoms with Crippen LogP contribution in [0, 0.1) is 23.2 Å². The van der Waals surface area contributed by atoms with Gasteiger partial charge in [0.25, 0.3) is 0 Å². The minimum absolute atomic E-state index is 0.0429. The molecule has 3 saturated carbocycles. The zero-order valence-corrected chi connectivity index (χ0v) is 12.5. The van der Waals surface area contributed by atoms with Crippen molar-refractivity contribution in [2.24, 2.45) is 28.9 Å². The summed E-state index contributed by atoms with van der Waals surface area (Å²) < 4.78 is 0. The Balaban J connectivity index is 1.77. The van der Waals surface area contributed by atoms with Crippen LogP contribution in [0.15, 0.2) is 0 Å². The molecule has 0 aromatic carbocycles. The topological polar surface area (TPSA) is 46.2 Å². The van der Waals surface area contributed by atoms with Crippen molar-refractivity contribution >= 4 is 0 Å². The Hall–Kier alpha value is -0.0800. The van der Waals surface area contributed by atoms with Gasteiger partial charge in [-0.15, -0.1) is 0 Å². The summed E-state index contributed by atoms with van der Waals surface area (Å²) in [5, 5.41) is 11.4. The number of nitrogens with two attached hydrogens (primary N) is 1. The van der Waals surface area contributed by atoms with Crippen LogP contribution < -0.4 is 5.73 Å². The Morgan fingerprint density at radius 2 is 1.84 bits per heavy atom. The van der Waals surface area contributed by atoms with E-state index in [0.29, 0.717) is 6.54 Å². The molecule has 0 aromatic heterocycles. The Kier molecular flexibility index (Phi) is 3.68. The van der Waals surface area contributed by atoms with Gasteiger partial charge in [-0.2, -0.15) is 0 Å². The summed E-state index contributed by atoms with van der Waals surface area (Å²) >= 11 is 0. The first kappa shape index (κ1) is 13.9. The summed E-state index contributed by atoms with van der Waals surface area (Å²) in [7, 11) is 0. The van der Waals surface area contributed by atoms with Gasteiger partial charge in [-0.25, -0.2) is 0 Å². The molecular formula is C17H31NO. The lowest BCUT2D eigenvalue weighted by Gasteiger charge is -2.49. The Labute approximate surface area is 118 Å². The average Bonchev–Trinajstić information content (AvgIpc) is 3.18. The maximum Gasteiger partial charge on any atom is 0.0718 e. The molecule has 0 aromatic rings. The number of aliphatic hydroxyl groups is 1. The second kappa shape index (κ2) is 5.04. The third-order valence-electron chi connectivity index (χ3n) is 6.72. The third-order valence-corrected chi connectivity index (χ3v) is 6.72. The molecule has 110 valence electrons.